The average molecular weight is 586 g/mol. The van der Waals surface area contributed by atoms with Crippen molar-refractivity contribution in [2.24, 2.45) is 5.92 Å². The molecular formula is C30H33BrFNO5. The Hall–Kier alpha value is -2.71. The summed E-state index contributed by atoms with van der Waals surface area (Å²) in [4.78, 5) is 27.9. The maximum absolute atomic E-state index is 14.2. The number of carbonyl (C=O) groups excluding carboxylic acids is 1. The van der Waals surface area contributed by atoms with Gasteiger partial charge in [0.25, 0.3) is 0 Å². The molecule has 2 fully saturated rings. The fourth-order valence-corrected chi connectivity index (χ4v) is 6.33. The van der Waals surface area contributed by atoms with Crippen LogP contribution in [0.5, 0.6) is 5.75 Å². The van der Waals surface area contributed by atoms with E-state index in [2.05, 4.69) is 15.9 Å². The van der Waals surface area contributed by atoms with Crippen LogP contribution in [0.2, 0.25) is 0 Å². The van der Waals surface area contributed by atoms with Crippen molar-refractivity contribution in [2.45, 2.75) is 71.0 Å². The second-order valence-corrected chi connectivity index (χ2v) is 11.6. The van der Waals surface area contributed by atoms with Gasteiger partial charge in [0.2, 0.25) is 5.91 Å². The summed E-state index contributed by atoms with van der Waals surface area (Å²) >= 11 is 3.25. The third kappa shape index (κ3) is 5.25. The van der Waals surface area contributed by atoms with Crippen molar-refractivity contribution >= 4 is 32.8 Å². The monoisotopic (exact) mass is 585 g/mol. The topological polar surface area (TPSA) is 80.0 Å². The van der Waals surface area contributed by atoms with Crippen LogP contribution in [0.1, 0.15) is 60.8 Å². The SMILES string of the molecule is Cc1c(CCC(=O)N2CC[C@@]3(O)CCCC[C@@H]3C2)c(=O)oc2c(C)c(OCc3ccc(Br)cc3F)ccc12. The number of aryl methyl sites for hydroxylation is 2. The molecule has 1 amide bonds. The zero-order chi connectivity index (χ0) is 27.0. The first-order chi connectivity index (χ1) is 18.2. The third-order valence-corrected chi connectivity index (χ3v) is 8.91. The molecule has 1 aliphatic heterocycles. The highest BCUT2D eigenvalue weighted by molar-refractivity contribution is 9.10. The van der Waals surface area contributed by atoms with E-state index >= 15 is 0 Å². The third-order valence-electron chi connectivity index (χ3n) is 8.42. The molecule has 2 aromatic carbocycles. The van der Waals surface area contributed by atoms with E-state index in [1.165, 1.54) is 6.07 Å². The molecule has 1 saturated carbocycles. The lowest BCUT2D eigenvalue weighted by Crippen LogP contribution is -2.54. The Bertz CT molecular complexity index is 1440. The number of fused-ring (bicyclic) bond motifs is 2. The van der Waals surface area contributed by atoms with Crippen molar-refractivity contribution in [2.75, 3.05) is 13.1 Å². The maximum atomic E-state index is 14.2. The van der Waals surface area contributed by atoms with Crippen molar-refractivity contribution < 1.29 is 23.4 Å². The quantitative estimate of drug-likeness (QED) is 0.360. The fraction of sp³-hybridized carbons (Fsp3) is 0.467. The van der Waals surface area contributed by atoms with E-state index < -0.39 is 11.2 Å². The fourth-order valence-electron chi connectivity index (χ4n) is 6.00. The minimum Gasteiger partial charge on any atom is -0.488 e. The van der Waals surface area contributed by atoms with Gasteiger partial charge in [-0.3, -0.25) is 4.79 Å². The number of piperidine rings is 1. The molecule has 1 aromatic heterocycles. The average Bonchev–Trinajstić information content (AvgIpc) is 2.88. The molecule has 0 unspecified atom stereocenters. The number of carbonyl (C=O) groups is 1. The molecule has 1 N–H and O–H groups in total. The van der Waals surface area contributed by atoms with Gasteiger partial charge in [-0.05, 0) is 69.4 Å². The molecule has 2 atom stereocenters. The molecule has 0 spiro atoms. The van der Waals surface area contributed by atoms with Gasteiger partial charge in [-0.25, -0.2) is 9.18 Å². The van der Waals surface area contributed by atoms with Gasteiger partial charge < -0.3 is 19.2 Å². The highest BCUT2D eigenvalue weighted by Gasteiger charge is 2.43. The summed E-state index contributed by atoms with van der Waals surface area (Å²) in [7, 11) is 0. The molecule has 0 bridgehead atoms. The summed E-state index contributed by atoms with van der Waals surface area (Å²) < 4.78 is 26.4. The Kier molecular flexibility index (Phi) is 7.65. The first-order valence-electron chi connectivity index (χ1n) is 13.3. The van der Waals surface area contributed by atoms with Crippen molar-refractivity contribution in [3.05, 3.63) is 73.3 Å². The predicted molar refractivity (Wildman–Crippen MR) is 147 cm³/mol. The van der Waals surface area contributed by atoms with Gasteiger partial charge in [0.05, 0.1) is 5.60 Å². The van der Waals surface area contributed by atoms with Crippen LogP contribution >= 0.6 is 15.9 Å². The lowest BCUT2D eigenvalue weighted by Gasteiger charge is -2.47. The van der Waals surface area contributed by atoms with Crippen LogP contribution in [0.3, 0.4) is 0 Å². The second kappa shape index (κ2) is 10.8. The largest absolute Gasteiger partial charge is 0.488 e. The predicted octanol–water partition coefficient (Wildman–Crippen LogP) is 5.98. The van der Waals surface area contributed by atoms with Gasteiger partial charge >= 0.3 is 5.63 Å². The summed E-state index contributed by atoms with van der Waals surface area (Å²) in [6.07, 6.45) is 5.07. The van der Waals surface area contributed by atoms with Crippen LogP contribution in [0.15, 0.2) is 44.0 Å². The van der Waals surface area contributed by atoms with Crippen LogP contribution < -0.4 is 10.4 Å². The molecule has 1 saturated heterocycles. The first-order valence-corrected chi connectivity index (χ1v) is 14.1. The van der Waals surface area contributed by atoms with E-state index in [0.29, 0.717) is 58.4 Å². The van der Waals surface area contributed by atoms with Gasteiger partial charge in [0.1, 0.15) is 23.8 Å². The summed E-state index contributed by atoms with van der Waals surface area (Å²) in [5.41, 5.74) is 1.73. The number of rotatable bonds is 6. The molecule has 3 aromatic rings. The number of amides is 1. The number of hydrogen-bond acceptors (Lipinski definition) is 5. The van der Waals surface area contributed by atoms with E-state index in [-0.39, 0.29) is 30.7 Å². The van der Waals surface area contributed by atoms with Crippen LogP contribution in [0, 0.1) is 25.6 Å². The van der Waals surface area contributed by atoms with Gasteiger partial charge in [-0.2, -0.15) is 0 Å². The molecule has 5 rings (SSSR count). The minimum absolute atomic E-state index is 0.0108. The Morgan fingerprint density at radius 1 is 1.21 bits per heavy atom. The highest BCUT2D eigenvalue weighted by atomic mass is 79.9. The molecule has 202 valence electrons. The van der Waals surface area contributed by atoms with E-state index in [4.69, 9.17) is 9.15 Å². The molecule has 6 nitrogen and oxygen atoms in total. The Morgan fingerprint density at radius 2 is 2.03 bits per heavy atom. The zero-order valence-corrected chi connectivity index (χ0v) is 23.4. The number of halogens is 2. The van der Waals surface area contributed by atoms with Crippen molar-refractivity contribution in [1.29, 1.82) is 0 Å². The van der Waals surface area contributed by atoms with Crippen LogP contribution in [-0.4, -0.2) is 34.6 Å². The lowest BCUT2D eigenvalue weighted by molar-refractivity contribution is -0.143. The number of hydrogen-bond donors (Lipinski definition) is 1. The number of nitrogens with zero attached hydrogens (tertiary/aromatic N) is 1. The van der Waals surface area contributed by atoms with Gasteiger partial charge in [0.15, 0.2) is 0 Å². The summed E-state index contributed by atoms with van der Waals surface area (Å²) in [5, 5.41) is 11.7. The molecule has 8 heteroatoms. The minimum atomic E-state index is -0.627. The summed E-state index contributed by atoms with van der Waals surface area (Å²) in [6.45, 7) is 4.88. The van der Waals surface area contributed by atoms with Gasteiger partial charge in [0, 0.05) is 52.0 Å². The Balaban J connectivity index is 1.29. The standard InChI is InChI=1S/C30H33BrFNO5/c1-18-23-8-10-26(37-17-20-6-7-22(31)15-25(20)32)19(2)28(23)38-29(35)24(18)9-11-27(34)33-14-13-30(36)12-4-3-5-21(30)16-33/h6-8,10,15,21,36H,3-5,9,11-14,16-17H2,1-2H3/t21-,30+/m1/s1. The number of likely N-dealkylation sites (tertiary alicyclic amines) is 1. The lowest BCUT2D eigenvalue weighted by atomic mass is 9.71. The number of aliphatic hydroxyl groups is 1. The number of benzene rings is 2. The second-order valence-electron chi connectivity index (χ2n) is 10.7. The maximum Gasteiger partial charge on any atom is 0.339 e. The number of ether oxygens (including phenoxy) is 1. The molecular weight excluding hydrogens is 553 g/mol. The zero-order valence-electron chi connectivity index (χ0n) is 21.8. The Labute approximate surface area is 229 Å². The molecule has 0 radical (unpaired) electrons. The van der Waals surface area contributed by atoms with Crippen LogP contribution in [0.25, 0.3) is 11.0 Å². The molecule has 1 aliphatic carbocycles. The van der Waals surface area contributed by atoms with Crippen molar-refractivity contribution in [1.82, 2.24) is 4.90 Å². The molecule has 38 heavy (non-hydrogen) atoms. The first kappa shape index (κ1) is 26.9. The van der Waals surface area contributed by atoms with E-state index in [0.717, 1.165) is 36.6 Å². The molecule has 2 heterocycles. The van der Waals surface area contributed by atoms with Crippen LogP contribution in [0.4, 0.5) is 4.39 Å². The summed E-state index contributed by atoms with van der Waals surface area (Å²) in [5.74, 6) is 0.300. The molecule has 2 aliphatic rings. The van der Waals surface area contributed by atoms with Gasteiger partial charge in [-0.1, -0.05) is 34.8 Å². The van der Waals surface area contributed by atoms with Crippen molar-refractivity contribution in [3.8, 4) is 5.75 Å². The van der Waals surface area contributed by atoms with Crippen molar-refractivity contribution in [3.63, 3.8) is 0 Å². The van der Waals surface area contributed by atoms with E-state index in [1.54, 1.807) is 18.2 Å². The highest BCUT2D eigenvalue weighted by Crippen LogP contribution is 2.40. The van der Waals surface area contributed by atoms with Gasteiger partial charge in [-0.15, -0.1) is 0 Å². The summed E-state index contributed by atoms with van der Waals surface area (Å²) in [6, 6.07) is 8.45. The Morgan fingerprint density at radius 3 is 2.82 bits per heavy atom. The van der Waals surface area contributed by atoms with E-state index in [9.17, 15) is 19.1 Å². The normalized spacial score (nSPS) is 21.4. The smallest absolute Gasteiger partial charge is 0.339 e. The van der Waals surface area contributed by atoms with Crippen LogP contribution in [-0.2, 0) is 17.8 Å². The van der Waals surface area contributed by atoms with E-state index in [1.807, 2.05) is 24.8 Å².